The van der Waals surface area contributed by atoms with Crippen LogP contribution in [0, 0.1) is 5.92 Å². The number of nitrogens with zero attached hydrogens (tertiary/aromatic N) is 1. The van der Waals surface area contributed by atoms with E-state index in [1.165, 1.54) is 0 Å². The van der Waals surface area contributed by atoms with E-state index in [2.05, 4.69) is 15.3 Å². The third-order valence-corrected chi connectivity index (χ3v) is 2.46. The summed E-state index contributed by atoms with van der Waals surface area (Å²) in [5.41, 5.74) is 0.873. The zero-order valence-electron chi connectivity index (χ0n) is 7.04. The summed E-state index contributed by atoms with van der Waals surface area (Å²) in [6, 6.07) is 0.270. The smallest absolute Gasteiger partial charge is 0.318 e. The highest BCUT2D eigenvalue weighted by Gasteiger charge is 2.34. The van der Waals surface area contributed by atoms with Crippen molar-refractivity contribution in [2.75, 3.05) is 6.54 Å². The lowest BCUT2D eigenvalue weighted by atomic mass is 9.99. The normalized spacial score (nSPS) is 35.1. The van der Waals surface area contributed by atoms with Gasteiger partial charge in [-0.05, 0) is 26.3 Å². The summed E-state index contributed by atoms with van der Waals surface area (Å²) in [4.78, 5) is 15.6. The highest BCUT2D eigenvalue weighted by Crippen LogP contribution is 2.18. The molecule has 12 heavy (non-hydrogen) atoms. The van der Waals surface area contributed by atoms with Crippen molar-refractivity contribution in [1.82, 2.24) is 5.32 Å². The average Bonchev–Trinajstić information content (AvgIpc) is 2.64. The van der Waals surface area contributed by atoms with Gasteiger partial charge >= 0.3 is 5.97 Å². The molecule has 2 atom stereocenters. The van der Waals surface area contributed by atoms with E-state index in [0.29, 0.717) is 0 Å². The SMILES string of the molecule is CC1C(=O)ON=C1[C@@H]1CCCN1. The topological polar surface area (TPSA) is 50.7 Å². The zero-order chi connectivity index (χ0) is 8.55. The Labute approximate surface area is 71.0 Å². The van der Waals surface area contributed by atoms with Crippen molar-refractivity contribution in [3.8, 4) is 0 Å². The van der Waals surface area contributed by atoms with Crippen LogP contribution < -0.4 is 5.32 Å². The predicted molar refractivity (Wildman–Crippen MR) is 43.7 cm³/mol. The first-order chi connectivity index (χ1) is 5.79. The van der Waals surface area contributed by atoms with Crippen molar-refractivity contribution >= 4 is 11.7 Å². The molecule has 1 unspecified atom stereocenters. The van der Waals surface area contributed by atoms with Crippen LogP contribution in [0.15, 0.2) is 5.16 Å². The minimum Gasteiger partial charge on any atom is -0.318 e. The molecule has 0 radical (unpaired) electrons. The minimum absolute atomic E-state index is 0.152. The lowest BCUT2D eigenvalue weighted by molar-refractivity contribution is -0.142. The number of carbonyl (C=O) groups excluding carboxylic acids is 1. The zero-order valence-corrected chi connectivity index (χ0v) is 7.04. The number of rotatable bonds is 1. The van der Waals surface area contributed by atoms with Gasteiger partial charge in [0.05, 0.1) is 11.6 Å². The average molecular weight is 168 g/mol. The van der Waals surface area contributed by atoms with Crippen LogP contribution in [0.5, 0.6) is 0 Å². The van der Waals surface area contributed by atoms with E-state index in [0.717, 1.165) is 25.1 Å². The van der Waals surface area contributed by atoms with Crippen molar-refractivity contribution in [3.05, 3.63) is 0 Å². The molecule has 0 saturated carbocycles. The number of nitrogens with one attached hydrogen (secondary N) is 1. The molecule has 2 rings (SSSR count). The molecule has 0 aromatic carbocycles. The molecule has 2 aliphatic heterocycles. The van der Waals surface area contributed by atoms with E-state index < -0.39 is 0 Å². The van der Waals surface area contributed by atoms with Crippen LogP contribution in [0.1, 0.15) is 19.8 Å². The van der Waals surface area contributed by atoms with Gasteiger partial charge in [-0.2, -0.15) is 0 Å². The van der Waals surface area contributed by atoms with Gasteiger partial charge < -0.3 is 10.2 Å². The first-order valence-electron chi connectivity index (χ1n) is 4.31. The van der Waals surface area contributed by atoms with Crippen LogP contribution in [0.4, 0.5) is 0 Å². The lowest BCUT2D eigenvalue weighted by Gasteiger charge is -2.09. The molecule has 0 aliphatic carbocycles. The number of carbonyl (C=O) groups is 1. The molecule has 4 heteroatoms. The Bertz CT molecular complexity index is 231. The lowest BCUT2D eigenvalue weighted by Crippen LogP contribution is -2.34. The van der Waals surface area contributed by atoms with Crippen LogP contribution in [-0.4, -0.2) is 24.3 Å². The summed E-state index contributed by atoms with van der Waals surface area (Å²) < 4.78 is 0. The quantitative estimate of drug-likeness (QED) is 0.572. The maximum absolute atomic E-state index is 11.0. The van der Waals surface area contributed by atoms with E-state index in [-0.39, 0.29) is 17.9 Å². The molecule has 1 fully saturated rings. The third kappa shape index (κ3) is 1.12. The molecular weight excluding hydrogens is 156 g/mol. The molecule has 4 nitrogen and oxygen atoms in total. The Morgan fingerprint density at radius 2 is 2.50 bits per heavy atom. The largest absolute Gasteiger partial charge is 0.343 e. The summed E-state index contributed by atoms with van der Waals surface area (Å²) in [5, 5.41) is 7.07. The number of oxime groups is 1. The van der Waals surface area contributed by atoms with Crippen molar-refractivity contribution < 1.29 is 9.63 Å². The van der Waals surface area contributed by atoms with E-state index in [9.17, 15) is 4.79 Å². The van der Waals surface area contributed by atoms with Gasteiger partial charge in [0.2, 0.25) is 0 Å². The number of hydrogen-bond acceptors (Lipinski definition) is 4. The second-order valence-electron chi connectivity index (χ2n) is 3.30. The fourth-order valence-corrected chi connectivity index (χ4v) is 1.68. The molecule has 0 spiro atoms. The predicted octanol–water partition coefficient (Wildman–Crippen LogP) is 0.287. The Morgan fingerprint density at radius 3 is 3.00 bits per heavy atom. The maximum atomic E-state index is 11.0. The summed E-state index contributed by atoms with van der Waals surface area (Å²) in [6.45, 7) is 2.86. The molecule has 0 aromatic rings. The summed E-state index contributed by atoms with van der Waals surface area (Å²) in [6.07, 6.45) is 2.23. The highest BCUT2D eigenvalue weighted by atomic mass is 16.7. The van der Waals surface area contributed by atoms with E-state index in [4.69, 9.17) is 0 Å². The van der Waals surface area contributed by atoms with Gasteiger partial charge in [0.15, 0.2) is 0 Å². The Kier molecular flexibility index (Phi) is 1.84. The molecular formula is C8H12N2O2. The first kappa shape index (κ1) is 7.73. The van der Waals surface area contributed by atoms with Gasteiger partial charge in [-0.1, -0.05) is 5.16 Å². The second-order valence-corrected chi connectivity index (χ2v) is 3.30. The summed E-state index contributed by atoms with van der Waals surface area (Å²) in [5.74, 6) is -0.376. The molecule has 0 bridgehead atoms. The van der Waals surface area contributed by atoms with E-state index in [1.54, 1.807) is 0 Å². The summed E-state index contributed by atoms with van der Waals surface area (Å²) >= 11 is 0. The minimum atomic E-state index is -0.223. The van der Waals surface area contributed by atoms with Crippen LogP contribution in [0.3, 0.4) is 0 Å². The van der Waals surface area contributed by atoms with Gasteiger partial charge in [0, 0.05) is 6.04 Å². The van der Waals surface area contributed by atoms with E-state index >= 15 is 0 Å². The van der Waals surface area contributed by atoms with Crippen molar-refractivity contribution in [2.24, 2.45) is 11.1 Å². The van der Waals surface area contributed by atoms with Crippen LogP contribution in [0.25, 0.3) is 0 Å². The molecule has 0 aromatic heterocycles. The fraction of sp³-hybridized carbons (Fsp3) is 0.750. The standard InChI is InChI=1S/C8H12N2O2/c1-5-7(10-12-8(5)11)6-3-2-4-9-6/h5-6,9H,2-4H2,1H3/t5?,6-/m0/s1. The summed E-state index contributed by atoms with van der Waals surface area (Å²) in [7, 11) is 0. The highest BCUT2D eigenvalue weighted by molar-refractivity contribution is 6.07. The van der Waals surface area contributed by atoms with Crippen molar-refractivity contribution in [3.63, 3.8) is 0 Å². The van der Waals surface area contributed by atoms with Crippen LogP contribution >= 0.6 is 0 Å². The Morgan fingerprint density at radius 1 is 1.67 bits per heavy atom. The van der Waals surface area contributed by atoms with Gasteiger partial charge in [-0.25, -0.2) is 4.79 Å². The second kappa shape index (κ2) is 2.86. The van der Waals surface area contributed by atoms with Crippen molar-refractivity contribution in [1.29, 1.82) is 0 Å². The Balaban J connectivity index is 2.08. The Hall–Kier alpha value is -0.900. The fourth-order valence-electron chi connectivity index (χ4n) is 1.68. The first-order valence-corrected chi connectivity index (χ1v) is 4.31. The molecule has 1 saturated heterocycles. The molecule has 0 amide bonds. The van der Waals surface area contributed by atoms with Gasteiger partial charge in [0.25, 0.3) is 0 Å². The monoisotopic (exact) mass is 168 g/mol. The third-order valence-electron chi connectivity index (χ3n) is 2.46. The molecule has 2 heterocycles. The van der Waals surface area contributed by atoms with Crippen LogP contribution in [-0.2, 0) is 9.63 Å². The van der Waals surface area contributed by atoms with Crippen LogP contribution in [0.2, 0.25) is 0 Å². The molecule has 1 N–H and O–H groups in total. The maximum Gasteiger partial charge on any atom is 0.343 e. The van der Waals surface area contributed by atoms with Crippen molar-refractivity contribution in [2.45, 2.75) is 25.8 Å². The number of hydrogen-bond donors (Lipinski definition) is 1. The van der Waals surface area contributed by atoms with Gasteiger partial charge in [-0.3, -0.25) is 0 Å². The molecule has 2 aliphatic rings. The molecule has 66 valence electrons. The van der Waals surface area contributed by atoms with Gasteiger partial charge in [-0.15, -0.1) is 0 Å². The van der Waals surface area contributed by atoms with E-state index in [1.807, 2.05) is 6.92 Å². The van der Waals surface area contributed by atoms with Gasteiger partial charge in [0.1, 0.15) is 0 Å².